The molecule has 1 heterocycles. The highest BCUT2D eigenvalue weighted by atomic mass is 28.4. The van der Waals surface area contributed by atoms with Crippen molar-refractivity contribution in [3.05, 3.63) is 30.6 Å². The van der Waals surface area contributed by atoms with Gasteiger partial charge in [0, 0.05) is 6.04 Å². The fourth-order valence-electron chi connectivity index (χ4n) is 1.60. The number of aromatic nitrogens is 2. The van der Waals surface area contributed by atoms with Gasteiger partial charge < -0.3 is 4.43 Å². The quantitative estimate of drug-likeness (QED) is 0.619. The Bertz CT molecular complexity index is 656. The van der Waals surface area contributed by atoms with E-state index in [9.17, 15) is 0 Å². The molecule has 3 nitrogen and oxygen atoms in total. The molecule has 2 aromatic rings. The van der Waals surface area contributed by atoms with Crippen molar-refractivity contribution in [3.63, 3.8) is 0 Å². The summed E-state index contributed by atoms with van der Waals surface area (Å²) in [5.41, 5.74) is 2.00. The molecule has 0 amide bonds. The average Bonchev–Trinajstić information content (AvgIpc) is 2.77. The Balaban J connectivity index is 2.06. The van der Waals surface area contributed by atoms with Crippen molar-refractivity contribution >= 4 is 19.4 Å². The summed E-state index contributed by atoms with van der Waals surface area (Å²) < 4.78 is 7.89. The summed E-state index contributed by atoms with van der Waals surface area (Å²) >= 11 is 0. The van der Waals surface area contributed by atoms with E-state index in [-0.39, 0.29) is 5.04 Å². The molecular weight excluding hydrogens is 264 g/mol. The Kier molecular flexibility index (Phi) is 4.03. The van der Waals surface area contributed by atoms with E-state index < -0.39 is 8.32 Å². The maximum Gasteiger partial charge on any atom is 0.193 e. The molecule has 0 bridgehead atoms. The van der Waals surface area contributed by atoms with Crippen molar-refractivity contribution in [3.8, 4) is 12.0 Å². The number of nitrogens with zero attached hydrogens (tertiary/aromatic N) is 2. The van der Waals surface area contributed by atoms with Crippen molar-refractivity contribution in [2.45, 2.75) is 38.9 Å². The molecule has 0 radical (unpaired) electrons. The summed E-state index contributed by atoms with van der Waals surface area (Å²) in [6.07, 6.45) is 1.75. The van der Waals surface area contributed by atoms with Crippen LogP contribution in [0.3, 0.4) is 0 Å². The van der Waals surface area contributed by atoms with E-state index in [0.29, 0.717) is 6.61 Å². The second-order valence-corrected chi connectivity index (χ2v) is 11.3. The van der Waals surface area contributed by atoms with Crippen LogP contribution in [0, 0.1) is 12.0 Å². The van der Waals surface area contributed by atoms with Crippen molar-refractivity contribution < 1.29 is 4.43 Å². The summed E-state index contributed by atoms with van der Waals surface area (Å²) in [6.45, 7) is 11.6. The Labute approximate surface area is 122 Å². The Hall–Kier alpha value is -1.57. The molecule has 20 heavy (non-hydrogen) atoms. The third kappa shape index (κ3) is 3.11. The second-order valence-electron chi connectivity index (χ2n) is 6.44. The normalized spacial score (nSPS) is 12.2. The predicted octanol–water partition coefficient (Wildman–Crippen LogP) is 3.87. The summed E-state index contributed by atoms with van der Waals surface area (Å²) in [5.74, 6) is 3.09. The number of hydrogen-bond acceptors (Lipinski definition) is 2. The Morgan fingerprint density at radius 2 is 1.95 bits per heavy atom. The number of hydrogen-bond donors (Lipinski definition) is 0. The van der Waals surface area contributed by atoms with Crippen molar-refractivity contribution in [1.82, 2.24) is 9.55 Å². The first-order chi connectivity index (χ1) is 9.31. The smallest absolute Gasteiger partial charge is 0.193 e. The van der Waals surface area contributed by atoms with Crippen molar-refractivity contribution in [1.29, 1.82) is 0 Å². The molecule has 0 unspecified atom stereocenters. The first kappa shape index (κ1) is 14.8. The minimum absolute atomic E-state index is 0.219. The van der Waals surface area contributed by atoms with Gasteiger partial charge in [0.25, 0.3) is 0 Å². The zero-order valence-corrected chi connectivity index (χ0v) is 13.9. The molecule has 4 heteroatoms. The van der Waals surface area contributed by atoms with E-state index in [0.717, 1.165) is 11.0 Å². The molecule has 0 aliphatic rings. The highest BCUT2D eigenvalue weighted by molar-refractivity contribution is 6.74. The number of imidazole rings is 1. The monoisotopic (exact) mass is 286 g/mol. The third-order valence-corrected chi connectivity index (χ3v) is 8.44. The van der Waals surface area contributed by atoms with Gasteiger partial charge in [-0.25, -0.2) is 4.98 Å². The van der Waals surface area contributed by atoms with Gasteiger partial charge in [0.05, 0.1) is 17.6 Å². The largest absolute Gasteiger partial charge is 0.406 e. The lowest BCUT2D eigenvalue weighted by molar-refractivity contribution is 0.334. The minimum atomic E-state index is -1.71. The lowest BCUT2D eigenvalue weighted by atomic mass is 10.2. The Morgan fingerprint density at radius 3 is 2.65 bits per heavy atom. The van der Waals surface area contributed by atoms with E-state index in [4.69, 9.17) is 4.43 Å². The fraction of sp³-hybridized carbons (Fsp3) is 0.438. The summed E-state index contributed by atoms with van der Waals surface area (Å²) in [5, 5.41) is 0.219. The van der Waals surface area contributed by atoms with E-state index in [1.807, 2.05) is 28.8 Å². The first-order valence-corrected chi connectivity index (χ1v) is 9.77. The maximum atomic E-state index is 6.04. The molecule has 0 spiro atoms. The summed E-state index contributed by atoms with van der Waals surface area (Å²) in [4.78, 5) is 4.31. The van der Waals surface area contributed by atoms with Crippen molar-refractivity contribution in [2.75, 3.05) is 6.61 Å². The molecule has 0 atom stereocenters. The van der Waals surface area contributed by atoms with Gasteiger partial charge in [-0.3, -0.25) is 4.57 Å². The Morgan fingerprint density at radius 1 is 1.25 bits per heavy atom. The third-order valence-electron chi connectivity index (χ3n) is 3.96. The molecule has 0 saturated carbocycles. The van der Waals surface area contributed by atoms with Crippen molar-refractivity contribution in [2.24, 2.45) is 0 Å². The number of para-hydroxylation sites is 2. The van der Waals surface area contributed by atoms with Gasteiger partial charge in [0.15, 0.2) is 8.32 Å². The van der Waals surface area contributed by atoms with Gasteiger partial charge in [-0.15, -0.1) is 0 Å². The number of benzene rings is 1. The molecule has 2 rings (SSSR count). The van der Waals surface area contributed by atoms with E-state index in [1.54, 1.807) is 6.33 Å². The zero-order chi connectivity index (χ0) is 14.8. The summed E-state index contributed by atoms with van der Waals surface area (Å²) in [7, 11) is -1.71. The van der Waals surface area contributed by atoms with Crippen LogP contribution in [0.1, 0.15) is 20.8 Å². The van der Waals surface area contributed by atoms with E-state index in [1.165, 1.54) is 0 Å². The maximum absolute atomic E-state index is 6.04. The highest BCUT2D eigenvalue weighted by Crippen LogP contribution is 2.36. The van der Waals surface area contributed by atoms with Crippen LogP contribution in [0.15, 0.2) is 30.6 Å². The molecule has 0 saturated heterocycles. The van der Waals surface area contributed by atoms with Gasteiger partial charge in [-0.2, -0.15) is 0 Å². The molecule has 1 aromatic heterocycles. The average molecular weight is 286 g/mol. The first-order valence-electron chi connectivity index (χ1n) is 6.86. The molecule has 106 valence electrons. The zero-order valence-electron chi connectivity index (χ0n) is 12.9. The molecule has 0 aliphatic carbocycles. The molecule has 0 N–H and O–H groups in total. The van der Waals surface area contributed by atoms with Crippen LogP contribution < -0.4 is 0 Å². The molecule has 1 aromatic carbocycles. The van der Waals surface area contributed by atoms with Crippen LogP contribution in [0.5, 0.6) is 0 Å². The number of fused-ring (bicyclic) bond motifs is 1. The van der Waals surface area contributed by atoms with Gasteiger partial charge in [0.2, 0.25) is 0 Å². The van der Waals surface area contributed by atoms with E-state index in [2.05, 4.69) is 50.8 Å². The molecule has 0 aliphatic heterocycles. The SMILES string of the molecule is CC(C)(C)[Si](C)(C)OCC#Cn1cnc2ccccc21. The van der Waals surface area contributed by atoms with Crippen LogP contribution in [-0.2, 0) is 4.43 Å². The standard InChI is InChI=1S/C16H22N2OSi/c1-16(2,3)20(4,5)19-12-8-11-18-13-17-14-9-6-7-10-15(14)18/h6-7,9-10,13H,12H2,1-5H3. The predicted molar refractivity (Wildman–Crippen MR) is 86.1 cm³/mol. The number of rotatable bonds is 2. The molecule has 0 fully saturated rings. The molecular formula is C16H22N2OSi. The fourth-order valence-corrected chi connectivity index (χ4v) is 2.46. The summed E-state index contributed by atoms with van der Waals surface area (Å²) in [6, 6.07) is 11.1. The second kappa shape index (κ2) is 5.43. The van der Waals surface area contributed by atoms with Crippen LogP contribution in [0.2, 0.25) is 18.1 Å². The lowest BCUT2D eigenvalue weighted by Crippen LogP contribution is -2.40. The topological polar surface area (TPSA) is 27.1 Å². The van der Waals surface area contributed by atoms with Crippen LogP contribution >= 0.6 is 0 Å². The van der Waals surface area contributed by atoms with Gasteiger partial charge in [-0.1, -0.05) is 38.8 Å². The van der Waals surface area contributed by atoms with Crippen LogP contribution in [0.25, 0.3) is 11.0 Å². The van der Waals surface area contributed by atoms with Crippen LogP contribution in [-0.4, -0.2) is 24.5 Å². The van der Waals surface area contributed by atoms with E-state index >= 15 is 0 Å². The van der Waals surface area contributed by atoms with Gasteiger partial charge in [-0.05, 0) is 30.3 Å². The van der Waals surface area contributed by atoms with Gasteiger partial charge >= 0.3 is 0 Å². The van der Waals surface area contributed by atoms with Crippen LogP contribution in [0.4, 0.5) is 0 Å². The highest BCUT2D eigenvalue weighted by Gasteiger charge is 2.36. The van der Waals surface area contributed by atoms with Gasteiger partial charge in [0.1, 0.15) is 6.33 Å². The lowest BCUT2D eigenvalue weighted by Gasteiger charge is -2.35. The minimum Gasteiger partial charge on any atom is -0.406 e.